The number of aryl methyl sites for hydroxylation is 2. The number of amides is 1. The maximum Gasteiger partial charge on any atom is 0.267 e. The van der Waals surface area contributed by atoms with Crippen molar-refractivity contribution in [3.05, 3.63) is 78.8 Å². The number of rotatable bonds is 3. The molecule has 0 fully saturated rings. The zero-order valence-corrected chi connectivity index (χ0v) is 15.8. The van der Waals surface area contributed by atoms with Gasteiger partial charge in [-0.1, -0.05) is 29.7 Å². The minimum atomic E-state index is -0.460. The minimum absolute atomic E-state index is 0.0453. The maximum absolute atomic E-state index is 13.0. The average Bonchev–Trinajstić information content (AvgIpc) is 3.12. The third-order valence-corrected chi connectivity index (χ3v) is 4.99. The molecule has 1 aliphatic rings. The van der Waals surface area contributed by atoms with Gasteiger partial charge in [0.2, 0.25) is 5.43 Å². The Bertz CT molecular complexity index is 1290. The predicted molar refractivity (Wildman–Crippen MR) is 108 cm³/mol. The van der Waals surface area contributed by atoms with E-state index in [4.69, 9.17) is 11.6 Å². The molecular weight excluding hydrogens is 378 g/mol. The van der Waals surface area contributed by atoms with Crippen LogP contribution in [0.2, 0.25) is 5.02 Å². The van der Waals surface area contributed by atoms with Gasteiger partial charge in [-0.05, 0) is 30.7 Å². The lowest BCUT2D eigenvalue weighted by atomic mass is 10.1. The molecule has 0 unspecified atom stereocenters. The van der Waals surface area contributed by atoms with Crippen molar-refractivity contribution < 1.29 is 4.79 Å². The Hall–Kier alpha value is -3.30. The SMILES string of the molecule is CC#Cc1cc2c(=O)c(C(=O)NCc3ccc(Cl)cc3)cn3c2n(c1=O)CC3. The first kappa shape index (κ1) is 18.1. The lowest BCUT2D eigenvalue weighted by Gasteiger charge is -2.10. The summed E-state index contributed by atoms with van der Waals surface area (Å²) in [5.41, 5.74) is 1.09. The summed E-state index contributed by atoms with van der Waals surface area (Å²) in [4.78, 5) is 38.1. The molecule has 0 radical (unpaired) electrons. The Kier molecular flexibility index (Phi) is 4.54. The highest BCUT2D eigenvalue weighted by Gasteiger charge is 2.22. The summed E-state index contributed by atoms with van der Waals surface area (Å²) in [6.45, 7) is 2.88. The number of hydrogen-bond donors (Lipinski definition) is 1. The van der Waals surface area contributed by atoms with Gasteiger partial charge >= 0.3 is 0 Å². The molecule has 1 N–H and O–H groups in total. The Morgan fingerprint density at radius 2 is 1.96 bits per heavy atom. The van der Waals surface area contributed by atoms with E-state index in [0.29, 0.717) is 29.1 Å². The normalized spacial score (nSPS) is 11.9. The highest BCUT2D eigenvalue weighted by Crippen LogP contribution is 2.17. The highest BCUT2D eigenvalue weighted by molar-refractivity contribution is 6.30. The Morgan fingerprint density at radius 3 is 2.68 bits per heavy atom. The van der Waals surface area contributed by atoms with Crippen molar-refractivity contribution in [1.29, 1.82) is 0 Å². The standard InChI is InChI=1S/C21H16ClN3O3/c1-2-3-14-10-16-18(26)17(12-24-8-9-25(20(16)24)21(14)28)19(27)23-11-13-4-6-15(22)7-5-13/h4-7,10,12H,8-9,11H2,1H3,(H,23,27). The topological polar surface area (TPSA) is 73.1 Å². The molecule has 1 aromatic carbocycles. The number of nitrogens with one attached hydrogen (secondary N) is 1. The summed E-state index contributed by atoms with van der Waals surface area (Å²) in [5, 5.41) is 3.71. The van der Waals surface area contributed by atoms with E-state index in [2.05, 4.69) is 17.2 Å². The van der Waals surface area contributed by atoms with Crippen LogP contribution in [0.3, 0.4) is 0 Å². The molecule has 2 aromatic heterocycles. The summed E-state index contributed by atoms with van der Waals surface area (Å²) in [5.74, 6) is 4.99. The molecule has 3 heterocycles. The van der Waals surface area contributed by atoms with E-state index >= 15 is 0 Å². The summed E-state index contributed by atoms with van der Waals surface area (Å²) in [7, 11) is 0. The minimum Gasteiger partial charge on any atom is -0.348 e. The third-order valence-electron chi connectivity index (χ3n) is 4.74. The van der Waals surface area contributed by atoms with Gasteiger partial charge in [-0.2, -0.15) is 0 Å². The number of pyridine rings is 2. The van der Waals surface area contributed by atoms with E-state index in [1.54, 1.807) is 28.2 Å². The molecule has 0 atom stereocenters. The first-order valence-electron chi connectivity index (χ1n) is 8.76. The first-order chi connectivity index (χ1) is 13.5. The molecule has 1 aliphatic heterocycles. The fraction of sp³-hybridized carbons (Fsp3) is 0.190. The molecule has 0 spiro atoms. The first-order valence-corrected chi connectivity index (χ1v) is 9.14. The van der Waals surface area contributed by atoms with Gasteiger partial charge < -0.3 is 9.88 Å². The van der Waals surface area contributed by atoms with Crippen LogP contribution in [0.15, 0.2) is 46.1 Å². The van der Waals surface area contributed by atoms with Crippen LogP contribution in [-0.4, -0.2) is 15.0 Å². The molecule has 0 saturated heterocycles. The molecular formula is C21H16ClN3O3. The number of carbonyl (C=O) groups is 1. The lowest BCUT2D eigenvalue weighted by Crippen LogP contribution is -2.30. The number of hydrogen-bond acceptors (Lipinski definition) is 3. The molecule has 3 aromatic rings. The lowest BCUT2D eigenvalue weighted by molar-refractivity contribution is 0.0949. The van der Waals surface area contributed by atoms with Gasteiger partial charge in [0, 0.05) is 30.9 Å². The predicted octanol–water partition coefficient (Wildman–Crippen LogP) is 2.13. The molecule has 140 valence electrons. The van der Waals surface area contributed by atoms with Crippen LogP contribution in [0.4, 0.5) is 0 Å². The van der Waals surface area contributed by atoms with Gasteiger partial charge in [-0.15, -0.1) is 5.92 Å². The van der Waals surface area contributed by atoms with Gasteiger partial charge in [0.15, 0.2) is 0 Å². The molecule has 4 rings (SSSR count). The molecule has 28 heavy (non-hydrogen) atoms. The van der Waals surface area contributed by atoms with E-state index in [1.807, 2.05) is 12.1 Å². The van der Waals surface area contributed by atoms with E-state index in [9.17, 15) is 14.4 Å². The van der Waals surface area contributed by atoms with Gasteiger partial charge in [0.1, 0.15) is 11.2 Å². The molecule has 0 bridgehead atoms. The molecule has 0 aliphatic carbocycles. The van der Waals surface area contributed by atoms with Crippen LogP contribution in [-0.2, 0) is 19.6 Å². The summed E-state index contributed by atoms with van der Waals surface area (Å²) in [6, 6.07) is 8.59. The number of nitrogens with zero attached hydrogens (tertiary/aromatic N) is 2. The van der Waals surface area contributed by atoms with Crippen LogP contribution >= 0.6 is 11.6 Å². The number of benzene rings is 1. The van der Waals surface area contributed by atoms with E-state index in [0.717, 1.165) is 5.56 Å². The van der Waals surface area contributed by atoms with Crippen molar-refractivity contribution >= 4 is 28.5 Å². The van der Waals surface area contributed by atoms with E-state index in [-0.39, 0.29) is 23.2 Å². The number of aromatic nitrogens is 2. The molecule has 1 amide bonds. The summed E-state index contributed by atoms with van der Waals surface area (Å²) in [6.07, 6.45) is 1.52. The van der Waals surface area contributed by atoms with Gasteiger partial charge in [0.05, 0.1) is 10.9 Å². The monoisotopic (exact) mass is 393 g/mol. The maximum atomic E-state index is 13.0. The van der Waals surface area contributed by atoms with Crippen LogP contribution in [0.25, 0.3) is 11.0 Å². The zero-order chi connectivity index (χ0) is 19.8. The van der Waals surface area contributed by atoms with Crippen LogP contribution in [0.5, 0.6) is 0 Å². The third kappa shape index (κ3) is 3.00. The van der Waals surface area contributed by atoms with Crippen molar-refractivity contribution in [3.8, 4) is 11.8 Å². The number of halogens is 1. The Morgan fingerprint density at radius 1 is 1.21 bits per heavy atom. The second kappa shape index (κ2) is 7.02. The van der Waals surface area contributed by atoms with Crippen LogP contribution in [0.1, 0.15) is 28.4 Å². The van der Waals surface area contributed by atoms with E-state index in [1.165, 1.54) is 12.3 Å². The van der Waals surface area contributed by atoms with Crippen LogP contribution in [0, 0.1) is 11.8 Å². The second-order valence-corrected chi connectivity index (χ2v) is 6.94. The van der Waals surface area contributed by atoms with Gasteiger partial charge in [-0.3, -0.25) is 19.0 Å². The van der Waals surface area contributed by atoms with Crippen LogP contribution < -0.4 is 16.3 Å². The molecule has 7 heteroatoms. The second-order valence-electron chi connectivity index (χ2n) is 6.50. The summed E-state index contributed by atoms with van der Waals surface area (Å²) < 4.78 is 3.32. The van der Waals surface area contributed by atoms with Crippen molar-refractivity contribution in [2.75, 3.05) is 0 Å². The molecule has 0 saturated carbocycles. The van der Waals surface area contributed by atoms with Crippen molar-refractivity contribution in [2.24, 2.45) is 0 Å². The number of carbonyl (C=O) groups excluding carboxylic acids is 1. The van der Waals surface area contributed by atoms with Crippen molar-refractivity contribution in [1.82, 2.24) is 14.5 Å². The molecule has 6 nitrogen and oxygen atoms in total. The largest absolute Gasteiger partial charge is 0.348 e. The van der Waals surface area contributed by atoms with Crippen molar-refractivity contribution in [3.63, 3.8) is 0 Å². The van der Waals surface area contributed by atoms with Gasteiger partial charge in [0.25, 0.3) is 11.5 Å². The smallest absolute Gasteiger partial charge is 0.267 e. The Balaban J connectivity index is 1.75. The quantitative estimate of drug-likeness (QED) is 0.693. The van der Waals surface area contributed by atoms with E-state index < -0.39 is 11.3 Å². The average molecular weight is 394 g/mol. The highest BCUT2D eigenvalue weighted by atomic mass is 35.5. The fourth-order valence-corrected chi connectivity index (χ4v) is 3.53. The summed E-state index contributed by atoms with van der Waals surface area (Å²) >= 11 is 5.87. The fourth-order valence-electron chi connectivity index (χ4n) is 3.41. The Labute approximate surface area is 165 Å². The van der Waals surface area contributed by atoms with Crippen molar-refractivity contribution in [2.45, 2.75) is 26.6 Å². The van der Waals surface area contributed by atoms with Gasteiger partial charge in [-0.25, -0.2) is 0 Å². The zero-order valence-electron chi connectivity index (χ0n) is 15.1.